The van der Waals surface area contributed by atoms with Crippen LogP contribution in [-0.4, -0.2) is 33.1 Å². The maximum atomic E-state index is 11.8. The van der Waals surface area contributed by atoms with Crippen molar-refractivity contribution in [2.24, 2.45) is 0 Å². The van der Waals surface area contributed by atoms with Crippen molar-refractivity contribution in [2.75, 3.05) is 7.05 Å². The van der Waals surface area contributed by atoms with E-state index in [9.17, 15) is 8.42 Å². The van der Waals surface area contributed by atoms with Crippen molar-refractivity contribution >= 4 is 10.2 Å². The molecular formula is C11H25N3O2S. The second kappa shape index (κ2) is 5.65. The zero-order chi connectivity index (χ0) is 13.1. The minimum absolute atomic E-state index is 0.0689. The highest BCUT2D eigenvalue weighted by molar-refractivity contribution is 7.87. The van der Waals surface area contributed by atoms with Gasteiger partial charge in [-0.25, -0.2) is 0 Å². The normalized spacial score (nSPS) is 27.1. The van der Waals surface area contributed by atoms with E-state index in [1.165, 1.54) is 0 Å². The zero-order valence-electron chi connectivity index (χ0n) is 11.2. The quantitative estimate of drug-likeness (QED) is 0.700. The van der Waals surface area contributed by atoms with Gasteiger partial charge in [-0.1, -0.05) is 0 Å². The van der Waals surface area contributed by atoms with Crippen LogP contribution in [0.3, 0.4) is 0 Å². The Morgan fingerprint density at radius 3 is 1.88 bits per heavy atom. The summed E-state index contributed by atoms with van der Waals surface area (Å²) in [6, 6.07) is 0.603. The van der Waals surface area contributed by atoms with E-state index in [0.29, 0.717) is 6.04 Å². The molecule has 102 valence electrons. The predicted molar refractivity (Wildman–Crippen MR) is 70.0 cm³/mol. The first kappa shape index (κ1) is 14.9. The smallest absolute Gasteiger partial charge is 0.277 e. The third kappa shape index (κ3) is 5.81. The molecule has 0 aliphatic heterocycles. The SMILES string of the molecule is CNC1CCC(NS(=O)(=O)NC(C)(C)C)CC1. The molecule has 0 atom stereocenters. The Morgan fingerprint density at radius 2 is 1.47 bits per heavy atom. The Hall–Kier alpha value is -0.170. The summed E-state index contributed by atoms with van der Waals surface area (Å²) in [5.74, 6) is 0. The van der Waals surface area contributed by atoms with Crippen LogP contribution in [0.25, 0.3) is 0 Å². The Balaban J connectivity index is 2.44. The zero-order valence-corrected chi connectivity index (χ0v) is 12.0. The van der Waals surface area contributed by atoms with Gasteiger partial charge >= 0.3 is 0 Å². The van der Waals surface area contributed by atoms with Gasteiger partial charge in [-0.2, -0.15) is 17.9 Å². The molecule has 0 saturated heterocycles. The summed E-state index contributed by atoms with van der Waals surface area (Å²) < 4.78 is 29.0. The summed E-state index contributed by atoms with van der Waals surface area (Å²) in [5, 5.41) is 3.23. The maximum Gasteiger partial charge on any atom is 0.277 e. The first-order chi connectivity index (χ1) is 7.72. The molecule has 0 aromatic rings. The van der Waals surface area contributed by atoms with Crippen LogP contribution in [0.1, 0.15) is 46.5 Å². The molecule has 0 bridgehead atoms. The van der Waals surface area contributed by atoms with E-state index in [4.69, 9.17) is 0 Å². The van der Waals surface area contributed by atoms with Gasteiger partial charge in [-0.05, 0) is 53.5 Å². The van der Waals surface area contributed by atoms with Gasteiger partial charge in [0.1, 0.15) is 0 Å². The summed E-state index contributed by atoms with van der Waals surface area (Å²) in [6.45, 7) is 5.51. The van der Waals surface area contributed by atoms with Gasteiger partial charge in [0.05, 0.1) is 0 Å². The molecule has 0 aromatic carbocycles. The van der Waals surface area contributed by atoms with E-state index in [0.717, 1.165) is 25.7 Å². The minimum atomic E-state index is -3.38. The van der Waals surface area contributed by atoms with Gasteiger partial charge in [-0.3, -0.25) is 0 Å². The van der Waals surface area contributed by atoms with Crippen LogP contribution in [0.4, 0.5) is 0 Å². The lowest BCUT2D eigenvalue weighted by molar-refractivity contribution is 0.340. The van der Waals surface area contributed by atoms with E-state index in [2.05, 4.69) is 14.8 Å². The molecule has 1 rings (SSSR count). The van der Waals surface area contributed by atoms with Crippen molar-refractivity contribution < 1.29 is 8.42 Å². The van der Waals surface area contributed by atoms with Gasteiger partial charge in [0.2, 0.25) is 0 Å². The summed E-state index contributed by atoms with van der Waals surface area (Å²) in [6.07, 6.45) is 3.85. The summed E-state index contributed by atoms with van der Waals surface area (Å²) in [7, 11) is -1.43. The van der Waals surface area contributed by atoms with E-state index < -0.39 is 15.7 Å². The Labute approximate surface area is 105 Å². The fraction of sp³-hybridized carbons (Fsp3) is 1.00. The summed E-state index contributed by atoms with van der Waals surface area (Å²) in [4.78, 5) is 0. The first-order valence-electron chi connectivity index (χ1n) is 6.20. The van der Waals surface area contributed by atoms with E-state index in [1.807, 2.05) is 27.8 Å². The van der Waals surface area contributed by atoms with Crippen LogP contribution >= 0.6 is 0 Å². The largest absolute Gasteiger partial charge is 0.317 e. The highest BCUT2D eigenvalue weighted by Gasteiger charge is 2.26. The van der Waals surface area contributed by atoms with Crippen LogP contribution < -0.4 is 14.8 Å². The lowest BCUT2D eigenvalue weighted by atomic mass is 9.92. The van der Waals surface area contributed by atoms with Gasteiger partial charge < -0.3 is 5.32 Å². The van der Waals surface area contributed by atoms with Crippen LogP contribution in [0.5, 0.6) is 0 Å². The minimum Gasteiger partial charge on any atom is -0.317 e. The molecule has 0 amide bonds. The number of nitrogens with one attached hydrogen (secondary N) is 3. The maximum absolute atomic E-state index is 11.8. The molecule has 1 aliphatic carbocycles. The third-order valence-corrected chi connectivity index (χ3v) is 4.42. The van der Waals surface area contributed by atoms with E-state index in [-0.39, 0.29) is 6.04 Å². The molecule has 0 heterocycles. The van der Waals surface area contributed by atoms with Crippen LogP contribution in [-0.2, 0) is 10.2 Å². The molecule has 1 fully saturated rings. The highest BCUT2D eigenvalue weighted by Crippen LogP contribution is 2.18. The van der Waals surface area contributed by atoms with Gasteiger partial charge in [0.15, 0.2) is 0 Å². The average molecular weight is 263 g/mol. The molecule has 17 heavy (non-hydrogen) atoms. The fourth-order valence-electron chi connectivity index (χ4n) is 2.15. The van der Waals surface area contributed by atoms with E-state index >= 15 is 0 Å². The van der Waals surface area contributed by atoms with Crippen LogP contribution in [0.15, 0.2) is 0 Å². The van der Waals surface area contributed by atoms with Crippen LogP contribution in [0.2, 0.25) is 0 Å². The van der Waals surface area contributed by atoms with Crippen molar-refractivity contribution in [1.82, 2.24) is 14.8 Å². The molecule has 0 unspecified atom stereocenters. The molecule has 0 aromatic heterocycles. The lowest BCUT2D eigenvalue weighted by Crippen LogP contribution is -2.51. The third-order valence-electron chi connectivity index (χ3n) is 2.90. The number of hydrogen-bond acceptors (Lipinski definition) is 3. The van der Waals surface area contributed by atoms with E-state index in [1.54, 1.807) is 0 Å². The molecular weight excluding hydrogens is 238 g/mol. The van der Waals surface area contributed by atoms with Gasteiger partial charge in [0, 0.05) is 17.6 Å². The Kier molecular flexibility index (Phi) is 4.95. The number of hydrogen-bond donors (Lipinski definition) is 3. The van der Waals surface area contributed by atoms with Crippen molar-refractivity contribution in [3.63, 3.8) is 0 Å². The van der Waals surface area contributed by atoms with Gasteiger partial charge in [0.25, 0.3) is 10.2 Å². The average Bonchev–Trinajstić information content (AvgIpc) is 2.14. The van der Waals surface area contributed by atoms with Crippen molar-refractivity contribution in [3.05, 3.63) is 0 Å². The standard InChI is InChI=1S/C11H25N3O2S/c1-11(2,3)14-17(15,16)13-10-7-5-9(12-4)6-8-10/h9-10,12-14H,5-8H2,1-4H3. The topological polar surface area (TPSA) is 70.2 Å². The Bertz CT molecular complexity index is 327. The predicted octanol–water partition coefficient (Wildman–Crippen LogP) is 0.739. The second-order valence-corrected chi connectivity index (χ2v) is 7.26. The first-order valence-corrected chi connectivity index (χ1v) is 7.69. The number of rotatable bonds is 4. The molecule has 5 nitrogen and oxygen atoms in total. The molecule has 1 aliphatic rings. The fourth-order valence-corrected chi connectivity index (χ4v) is 3.69. The molecule has 0 spiro atoms. The van der Waals surface area contributed by atoms with Crippen molar-refractivity contribution in [1.29, 1.82) is 0 Å². The van der Waals surface area contributed by atoms with Crippen LogP contribution in [0, 0.1) is 0 Å². The highest BCUT2D eigenvalue weighted by atomic mass is 32.2. The molecule has 3 N–H and O–H groups in total. The summed E-state index contributed by atoms with van der Waals surface area (Å²) >= 11 is 0. The molecule has 0 radical (unpaired) electrons. The molecule has 1 saturated carbocycles. The van der Waals surface area contributed by atoms with Crippen molar-refractivity contribution in [3.8, 4) is 0 Å². The second-order valence-electron chi connectivity index (χ2n) is 5.81. The summed E-state index contributed by atoms with van der Waals surface area (Å²) in [5.41, 5.74) is -0.436. The van der Waals surface area contributed by atoms with Gasteiger partial charge in [-0.15, -0.1) is 0 Å². The van der Waals surface area contributed by atoms with Crippen molar-refractivity contribution in [2.45, 2.75) is 64.1 Å². The Morgan fingerprint density at radius 1 is 1.00 bits per heavy atom. The monoisotopic (exact) mass is 263 g/mol. The lowest BCUT2D eigenvalue weighted by Gasteiger charge is -2.30. The molecule has 6 heteroatoms.